The molecule has 1 aliphatic rings. The molecule has 0 saturated carbocycles. The second-order valence-electron chi connectivity index (χ2n) is 11.6. The van der Waals surface area contributed by atoms with Crippen molar-refractivity contribution < 1.29 is 24.5 Å². The lowest BCUT2D eigenvalue weighted by Crippen LogP contribution is -2.53. The summed E-state index contributed by atoms with van der Waals surface area (Å²) in [6.45, 7) is 9.61. The average Bonchev–Trinajstić information content (AvgIpc) is 2.98. The lowest BCUT2D eigenvalue weighted by atomic mass is 10.1. The number of aliphatic carboxylic acids is 1. The number of nitrogens with one attached hydrogen (secondary N) is 3. The Morgan fingerprint density at radius 1 is 1.05 bits per heavy atom. The number of carbonyl (C=O) groups is 2. The third-order valence-corrected chi connectivity index (χ3v) is 6.94. The van der Waals surface area contributed by atoms with E-state index in [-0.39, 0.29) is 6.61 Å². The fraction of sp³-hybridized carbons (Fsp3) is 0.452. The van der Waals surface area contributed by atoms with E-state index in [1.54, 1.807) is 12.4 Å². The van der Waals surface area contributed by atoms with Gasteiger partial charge < -0.3 is 30.9 Å². The Morgan fingerprint density at radius 2 is 1.84 bits per heavy atom. The van der Waals surface area contributed by atoms with E-state index in [1.807, 2.05) is 56.0 Å². The Bertz CT molecular complexity index is 1370. The Labute approximate surface area is 257 Å². The van der Waals surface area contributed by atoms with Crippen molar-refractivity contribution in [3.63, 3.8) is 0 Å². The van der Waals surface area contributed by atoms with Crippen LogP contribution in [0.5, 0.6) is 0 Å². The third-order valence-electron chi connectivity index (χ3n) is 6.94. The highest BCUT2D eigenvalue weighted by molar-refractivity contribution is 5.73. The SMILES string of the molecule is CC(C)(C)OC(=O)NCCCNc1ccc(-c2ccnc(Nc3cccc(CN4CCN(C(CO)C(=O)O)CC4)c3)n2)cn1. The van der Waals surface area contributed by atoms with E-state index < -0.39 is 23.7 Å². The summed E-state index contributed by atoms with van der Waals surface area (Å²) in [5.74, 6) is 0.206. The van der Waals surface area contributed by atoms with Crippen molar-refractivity contribution in [1.82, 2.24) is 30.1 Å². The van der Waals surface area contributed by atoms with Gasteiger partial charge >= 0.3 is 12.1 Å². The number of aliphatic hydroxyl groups is 1. The molecule has 13 nitrogen and oxygen atoms in total. The van der Waals surface area contributed by atoms with E-state index in [0.717, 1.165) is 54.4 Å². The molecule has 1 unspecified atom stereocenters. The van der Waals surface area contributed by atoms with Gasteiger partial charge in [0.25, 0.3) is 0 Å². The number of ether oxygens (including phenoxy) is 1. The first-order valence-corrected chi connectivity index (χ1v) is 14.8. The number of amides is 1. The molecule has 1 saturated heterocycles. The number of anilines is 3. The number of hydrogen-bond acceptors (Lipinski definition) is 11. The summed E-state index contributed by atoms with van der Waals surface area (Å²) in [6, 6.07) is 12.9. The van der Waals surface area contributed by atoms with Gasteiger partial charge in [-0.15, -0.1) is 0 Å². The summed E-state index contributed by atoms with van der Waals surface area (Å²) in [7, 11) is 0. The molecule has 1 aliphatic heterocycles. The van der Waals surface area contributed by atoms with Gasteiger partial charge in [0.2, 0.25) is 5.95 Å². The molecule has 44 heavy (non-hydrogen) atoms. The summed E-state index contributed by atoms with van der Waals surface area (Å²) in [6.07, 6.45) is 3.76. The van der Waals surface area contributed by atoms with Crippen LogP contribution >= 0.6 is 0 Å². The van der Waals surface area contributed by atoms with Gasteiger partial charge in [0.05, 0.1) is 12.3 Å². The normalized spacial score (nSPS) is 14.9. The summed E-state index contributed by atoms with van der Waals surface area (Å²) in [4.78, 5) is 40.7. The fourth-order valence-electron chi connectivity index (χ4n) is 4.76. The molecule has 3 heterocycles. The summed E-state index contributed by atoms with van der Waals surface area (Å²) in [5.41, 5.74) is 3.05. The highest BCUT2D eigenvalue weighted by Gasteiger charge is 2.28. The molecule has 1 aromatic carbocycles. The van der Waals surface area contributed by atoms with Crippen molar-refractivity contribution >= 4 is 29.5 Å². The number of alkyl carbamates (subject to hydrolysis) is 1. The van der Waals surface area contributed by atoms with Crippen LogP contribution < -0.4 is 16.0 Å². The molecule has 1 fully saturated rings. The van der Waals surface area contributed by atoms with Crippen LogP contribution in [0.25, 0.3) is 11.3 Å². The number of hydrogen-bond donors (Lipinski definition) is 5. The number of carbonyl (C=O) groups excluding carboxylic acids is 1. The number of rotatable bonds is 13. The van der Waals surface area contributed by atoms with Crippen LogP contribution in [0.4, 0.5) is 22.2 Å². The first-order chi connectivity index (χ1) is 21.1. The minimum absolute atomic E-state index is 0.386. The van der Waals surface area contributed by atoms with Crippen LogP contribution in [0.2, 0.25) is 0 Å². The van der Waals surface area contributed by atoms with Crippen LogP contribution in [0.3, 0.4) is 0 Å². The molecule has 0 bridgehead atoms. The van der Waals surface area contributed by atoms with Gasteiger partial charge in [0.1, 0.15) is 17.5 Å². The maximum absolute atomic E-state index is 11.7. The van der Waals surface area contributed by atoms with Gasteiger partial charge in [0, 0.05) is 69.5 Å². The summed E-state index contributed by atoms with van der Waals surface area (Å²) >= 11 is 0. The van der Waals surface area contributed by atoms with E-state index >= 15 is 0 Å². The van der Waals surface area contributed by atoms with Gasteiger partial charge in [-0.2, -0.15) is 0 Å². The Hall–Kier alpha value is -4.33. The second kappa shape index (κ2) is 15.4. The molecule has 3 aromatic rings. The smallest absolute Gasteiger partial charge is 0.407 e. The zero-order valence-electron chi connectivity index (χ0n) is 25.5. The van der Waals surface area contributed by atoms with E-state index in [9.17, 15) is 19.8 Å². The Balaban J connectivity index is 1.25. The number of piperazine rings is 1. The van der Waals surface area contributed by atoms with Crippen molar-refractivity contribution in [1.29, 1.82) is 0 Å². The molecule has 236 valence electrons. The topological polar surface area (TPSA) is 165 Å². The standard InChI is InChI=1S/C31H42N8O5/c1-31(2,3)44-30(43)34-12-5-11-32-27-9-8-23(19-35-27)25-10-13-33-29(37-25)36-24-7-4-6-22(18-24)20-38-14-16-39(17-15-38)26(21-40)28(41)42/h4,6-10,13,18-19,26,40H,5,11-12,14-17,20-21H2,1-3H3,(H,32,35)(H,34,43)(H,41,42)(H,33,36,37). The molecular weight excluding hydrogens is 564 g/mol. The quantitative estimate of drug-likeness (QED) is 0.181. The van der Waals surface area contributed by atoms with Crippen molar-refractivity contribution in [3.8, 4) is 11.3 Å². The fourth-order valence-corrected chi connectivity index (χ4v) is 4.76. The molecule has 5 N–H and O–H groups in total. The van der Waals surface area contributed by atoms with E-state index in [4.69, 9.17) is 4.74 Å². The summed E-state index contributed by atoms with van der Waals surface area (Å²) in [5, 5.41) is 28.0. The van der Waals surface area contributed by atoms with Gasteiger partial charge in [-0.25, -0.2) is 19.7 Å². The number of carboxylic acid groups (broad SMARTS) is 1. The monoisotopic (exact) mass is 606 g/mol. The largest absolute Gasteiger partial charge is 0.480 e. The first-order valence-electron chi connectivity index (χ1n) is 14.8. The molecule has 0 radical (unpaired) electrons. The molecule has 4 rings (SSSR count). The summed E-state index contributed by atoms with van der Waals surface area (Å²) < 4.78 is 5.23. The highest BCUT2D eigenvalue weighted by atomic mass is 16.6. The Morgan fingerprint density at radius 3 is 2.52 bits per heavy atom. The van der Waals surface area contributed by atoms with Gasteiger partial charge in [-0.1, -0.05) is 12.1 Å². The number of benzene rings is 1. The van der Waals surface area contributed by atoms with E-state index in [2.05, 4.69) is 47.9 Å². The number of carboxylic acids is 1. The lowest BCUT2D eigenvalue weighted by molar-refractivity contribution is -0.145. The predicted octanol–water partition coefficient (Wildman–Crippen LogP) is 3.17. The maximum atomic E-state index is 11.7. The van der Waals surface area contributed by atoms with Crippen molar-refractivity contribution in [3.05, 3.63) is 60.4 Å². The number of nitrogens with zero attached hydrogens (tertiary/aromatic N) is 5. The van der Waals surface area contributed by atoms with Crippen molar-refractivity contribution in [2.45, 2.75) is 45.4 Å². The lowest BCUT2D eigenvalue weighted by Gasteiger charge is -2.37. The van der Waals surface area contributed by atoms with Crippen LogP contribution in [-0.2, 0) is 16.1 Å². The van der Waals surface area contributed by atoms with Crippen LogP contribution in [0.1, 0.15) is 32.8 Å². The molecular formula is C31H42N8O5. The van der Waals surface area contributed by atoms with E-state index in [1.165, 1.54) is 0 Å². The molecule has 2 aromatic heterocycles. The molecule has 0 aliphatic carbocycles. The van der Waals surface area contributed by atoms with Gasteiger partial charge in [-0.05, 0) is 63.1 Å². The maximum Gasteiger partial charge on any atom is 0.407 e. The predicted molar refractivity (Wildman–Crippen MR) is 168 cm³/mol. The van der Waals surface area contributed by atoms with Gasteiger partial charge in [-0.3, -0.25) is 14.6 Å². The highest BCUT2D eigenvalue weighted by Crippen LogP contribution is 2.21. The Kier molecular flexibility index (Phi) is 11.4. The zero-order chi connectivity index (χ0) is 31.5. The molecule has 13 heteroatoms. The van der Waals surface area contributed by atoms with Crippen LogP contribution in [0.15, 0.2) is 54.9 Å². The van der Waals surface area contributed by atoms with Crippen molar-refractivity contribution in [2.75, 3.05) is 56.5 Å². The van der Waals surface area contributed by atoms with Gasteiger partial charge in [0.15, 0.2) is 0 Å². The second-order valence-corrected chi connectivity index (χ2v) is 11.6. The first kappa shape index (κ1) is 32.6. The number of pyridine rings is 1. The van der Waals surface area contributed by atoms with Crippen LogP contribution in [-0.4, -0.2) is 105 Å². The minimum Gasteiger partial charge on any atom is -0.480 e. The van der Waals surface area contributed by atoms with Crippen LogP contribution in [0, 0.1) is 0 Å². The third kappa shape index (κ3) is 10.1. The average molecular weight is 607 g/mol. The molecule has 1 atom stereocenters. The minimum atomic E-state index is -0.991. The van der Waals surface area contributed by atoms with Crippen molar-refractivity contribution in [2.24, 2.45) is 0 Å². The van der Waals surface area contributed by atoms with E-state index in [0.29, 0.717) is 32.1 Å². The molecule has 1 amide bonds. The number of aromatic nitrogens is 3. The molecule has 0 spiro atoms. The zero-order valence-corrected chi connectivity index (χ0v) is 25.5. The number of aliphatic hydroxyl groups excluding tert-OH is 1.